The molecule has 0 aromatic heterocycles. The van der Waals surface area contributed by atoms with Crippen molar-refractivity contribution in [2.24, 2.45) is 5.92 Å². The van der Waals surface area contributed by atoms with Gasteiger partial charge in [0, 0.05) is 6.61 Å². The minimum absolute atomic E-state index is 0.931. The highest BCUT2D eigenvalue weighted by Gasteiger charge is 2.40. The molecule has 15 heavy (non-hydrogen) atoms. The van der Waals surface area contributed by atoms with Crippen LogP contribution in [0.5, 0.6) is 0 Å². The first kappa shape index (κ1) is 13.2. The summed E-state index contributed by atoms with van der Waals surface area (Å²) >= 11 is 0. The molecule has 0 spiro atoms. The monoisotopic (exact) mass is 228 g/mol. The maximum absolute atomic E-state index is 6.24. The molecule has 0 atom stereocenters. The van der Waals surface area contributed by atoms with E-state index in [1.54, 1.807) is 0 Å². The lowest BCUT2D eigenvalue weighted by Crippen LogP contribution is -2.43. The molecular formula is C13H28OSi. The first-order chi connectivity index (χ1) is 7.18. The van der Waals surface area contributed by atoms with Crippen LogP contribution in [0.4, 0.5) is 0 Å². The van der Waals surface area contributed by atoms with Crippen LogP contribution < -0.4 is 0 Å². The Morgan fingerprint density at radius 1 is 1.00 bits per heavy atom. The van der Waals surface area contributed by atoms with Crippen LogP contribution in [0.1, 0.15) is 53.4 Å². The van der Waals surface area contributed by atoms with E-state index in [-0.39, 0.29) is 0 Å². The van der Waals surface area contributed by atoms with Crippen LogP contribution >= 0.6 is 0 Å². The number of rotatable bonds is 5. The summed E-state index contributed by atoms with van der Waals surface area (Å²) in [4.78, 5) is 0. The molecule has 0 heterocycles. The van der Waals surface area contributed by atoms with Gasteiger partial charge < -0.3 is 4.43 Å². The van der Waals surface area contributed by atoms with Crippen LogP contribution in [0.3, 0.4) is 0 Å². The zero-order valence-corrected chi connectivity index (χ0v) is 12.0. The Labute approximate surface area is 96.7 Å². The van der Waals surface area contributed by atoms with Crippen LogP contribution in [-0.4, -0.2) is 14.9 Å². The molecule has 0 saturated heterocycles. The average molecular weight is 228 g/mol. The molecule has 0 aliphatic heterocycles. The zero-order valence-electron chi connectivity index (χ0n) is 11.0. The third kappa shape index (κ3) is 3.07. The quantitative estimate of drug-likeness (QED) is 0.625. The third-order valence-electron chi connectivity index (χ3n) is 4.39. The Morgan fingerprint density at radius 2 is 1.53 bits per heavy atom. The van der Waals surface area contributed by atoms with Crippen molar-refractivity contribution in [2.45, 2.75) is 71.0 Å². The molecule has 0 unspecified atom stereocenters. The summed E-state index contributed by atoms with van der Waals surface area (Å²) in [7, 11) is -1.37. The van der Waals surface area contributed by atoms with Crippen molar-refractivity contribution in [1.82, 2.24) is 0 Å². The average Bonchev–Trinajstić information content (AvgIpc) is 2.27. The lowest BCUT2D eigenvalue weighted by Gasteiger charge is -2.40. The van der Waals surface area contributed by atoms with Gasteiger partial charge in [0.15, 0.2) is 8.32 Å². The molecule has 0 aromatic rings. The molecule has 1 saturated carbocycles. The van der Waals surface area contributed by atoms with Gasteiger partial charge in [-0.2, -0.15) is 0 Å². The first-order valence-electron chi connectivity index (χ1n) is 6.82. The van der Waals surface area contributed by atoms with E-state index in [0.717, 1.165) is 18.1 Å². The molecule has 0 N–H and O–H groups in total. The summed E-state index contributed by atoms with van der Waals surface area (Å²) in [5.41, 5.74) is 0.948. The number of hydrogen-bond donors (Lipinski definition) is 0. The summed E-state index contributed by atoms with van der Waals surface area (Å²) in [6.45, 7) is 10.2. The van der Waals surface area contributed by atoms with Gasteiger partial charge in [-0.05, 0) is 30.5 Å². The van der Waals surface area contributed by atoms with Gasteiger partial charge in [-0.1, -0.05) is 46.5 Å². The summed E-state index contributed by atoms with van der Waals surface area (Å²) in [6.07, 6.45) is 5.75. The van der Waals surface area contributed by atoms with E-state index in [1.807, 2.05) is 0 Å². The van der Waals surface area contributed by atoms with E-state index < -0.39 is 8.32 Å². The van der Waals surface area contributed by atoms with Crippen molar-refractivity contribution >= 4 is 8.32 Å². The van der Waals surface area contributed by atoms with Gasteiger partial charge in [-0.15, -0.1) is 0 Å². The van der Waals surface area contributed by atoms with E-state index in [9.17, 15) is 0 Å². The van der Waals surface area contributed by atoms with E-state index in [4.69, 9.17) is 4.43 Å². The van der Waals surface area contributed by atoms with Gasteiger partial charge in [-0.3, -0.25) is 0 Å². The summed E-state index contributed by atoms with van der Waals surface area (Å²) in [5.74, 6) is 0.961. The van der Waals surface area contributed by atoms with Gasteiger partial charge in [0.2, 0.25) is 0 Å². The van der Waals surface area contributed by atoms with Crippen LogP contribution in [0.2, 0.25) is 17.6 Å². The van der Waals surface area contributed by atoms with Crippen molar-refractivity contribution in [3.8, 4) is 0 Å². The van der Waals surface area contributed by atoms with E-state index in [1.165, 1.54) is 37.8 Å². The van der Waals surface area contributed by atoms with Crippen LogP contribution in [0.25, 0.3) is 0 Å². The fraction of sp³-hybridized carbons (Fsp3) is 1.00. The number of hydrogen-bond acceptors (Lipinski definition) is 1. The van der Waals surface area contributed by atoms with Crippen molar-refractivity contribution in [3.05, 3.63) is 0 Å². The summed E-state index contributed by atoms with van der Waals surface area (Å²) in [6, 6.07) is 2.63. The lowest BCUT2D eigenvalue weighted by molar-refractivity contribution is 0.283. The minimum Gasteiger partial charge on any atom is -0.417 e. The molecular weight excluding hydrogens is 200 g/mol. The van der Waals surface area contributed by atoms with Gasteiger partial charge >= 0.3 is 0 Å². The smallest absolute Gasteiger partial charge is 0.195 e. The predicted octanol–water partition coefficient (Wildman–Crippen LogP) is 4.59. The maximum Gasteiger partial charge on any atom is 0.195 e. The van der Waals surface area contributed by atoms with Gasteiger partial charge in [0.1, 0.15) is 0 Å². The Kier molecular flexibility index (Phi) is 5.34. The second-order valence-electron chi connectivity index (χ2n) is 5.16. The summed E-state index contributed by atoms with van der Waals surface area (Å²) in [5, 5.41) is 0. The largest absolute Gasteiger partial charge is 0.417 e. The Balaban J connectivity index is 2.62. The molecule has 1 nitrogen and oxygen atoms in total. The van der Waals surface area contributed by atoms with Gasteiger partial charge in [-0.25, -0.2) is 0 Å². The van der Waals surface area contributed by atoms with E-state index in [0.29, 0.717) is 0 Å². The highest BCUT2D eigenvalue weighted by Crippen LogP contribution is 2.43. The minimum atomic E-state index is -1.37. The van der Waals surface area contributed by atoms with Crippen LogP contribution in [0.15, 0.2) is 0 Å². The molecule has 0 aromatic carbocycles. The van der Waals surface area contributed by atoms with E-state index in [2.05, 4.69) is 27.7 Å². The van der Waals surface area contributed by atoms with Crippen molar-refractivity contribution < 1.29 is 4.43 Å². The third-order valence-corrected chi connectivity index (χ3v) is 9.71. The lowest BCUT2D eigenvalue weighted by atomic mass is 9.90. The maximum atomic E-state index is 6.24. The fourth-order valence-corrected chi connectivity index (χ4v) is 7.48. The topological polar surface area (TPSA) is 9.23 Å². The zero-order chi connectivity index (χ0) is 11.3. The highest BCUT2D eigenvalue weighted by atomic mass is 28.4. The molecule has 0 bridgehead atoms. The molecule has 2 heteroatoms. The van der Waals surface area contributed by atoms with Crippen LogP contribution in [0, 0.1) is 5.92 Å². The Morgan fingerprint density at radius 3 is 1.93 bits per heavy atom. The molecule has 1 rings (SSSR count). The normalized spacial score (nSPS) is 28.0. The fourth-order valence-electron chi connectivity index (χ4n) is 3.22. The Bertz CT molecular complexity index is 169. The SMILES string of the molecule is CCO[Si](CC)(CC)C1CCC(C)CC1. The standard InChI is InChI=1S/C13H28OSi/c1-5-14-15(6-2,7-3)13-10-8-12(4)9-11-13/h12-13H,5-11H2,1-4H3. The first-order valence-corrected chi connectivity index (χ1v) is 9.22. The molecule has 0 amide bonds. The van der Waals surface area contributed by atoms with Crippen molar-refractivity contribution in [1.29, 1.82) is 0 Å². The second kappa shape index (κ2) is 6.05. The second-order valence-corrected chi connectivity index (χ2v) is 9.81. The molecule has 0 radical (unpaired) electrons. The molecule has 1 fully saturated rings. The molecule has 1 aliphatic rings. The van der Waals surface area contributed by atoms with Crippen molar-refractivity contribution in [3.63, 3.8) is 0 Å². The van der Waals surface area contributed by atoms with E-state index >= 15 is 0 Å². The van der Waals surface area contributed by atoms with Crippen molar-refractivity contribution in [2.75, 3.05) is 6.61 Å². The van der Waals surface area contributed by atoms with Gasteiger partial charge in [0.25, 0.3) is 0 Å². The van der Waals surface area contributed by atoms with Crippen LogP contribution in [-0.2, 0) is 4.43 Å². The molecule has 1 aliphatic carbocycles. The highest BCUT2D eigenvalue weighted by molar-refractivity contribution is 6.75. The Hall–Kier alpha value is 0.177. The molecule has 90 valence electrons. The summed E-state index contributed by atoms with van der Waals surface area (Å²) < 4.78 is 6.24. The van der Waals surface area contributed by atoms with Gasteiger partial charge in [0.05, 0.1) is 0 Å². The predicted molar refractivity (Wildman–Crippen MR) is 69.7 cm³/mol.